The fraction of sp³-hybridized carbons (Fsp3) is 0.333. The van der Waals surface area contributed by atoms with E-state index in [9.17, 15) is 9.59 Å². The minimum atomic E-state index is -0.162. The van der Waals surface area contributed by atoms with Gasteiger partial charge in [0.25, 0.3) is 0 Å². The third kappa shape index (κ3) is 4.78. The first-order valence-electron chi connectivity index (χ1n) is 9.26. The zero-order chi connectivity index (χ0) is 20.3. The van der Waals surface area contributed by atoms with Crippen LogP contribution >= 0.6 is 23.2 Å². The third-order valence-electron chi connectivity index (χ3n) is 4.62. The molecule has 148 valence electrons. The topological polar surface area (TPSA) is 52.7 Å². The summed E-state index contributed by atoms with van der Waals surface area (Å²) in [6.07, 6.45) is 0.850. The zero-order valence-corrected chi connectivity index (χ0v) is 17.4. The molecule has 5 nitrogen and oxygen atoms in total. The Morgan fingerprint density at radius 3 is 2.64 bits per heavy atom. The average Bonchev–Trinajstić information content (AvgIpc) is 2.65. The Balaban J connectivity index is 1.79. The highest BCUT2D eigenvalue weighted by Gasteiger charge is 2.27. The van der Waals surface area contributed by atoms with Crippen LogP contribution < -0.4 is 10.2 Å². The molecular weight excluding hydrogens is 397 g/mol. The van der Waals surface area contributed by atoms with E-state index >= 15 is 0 Å². The molecule has 1 N–H and O–H groups in total. The molecule has 0 unspecified atom stereocenters. The maximum atomic E-state index is 13.0. The van der Waals surface area contributed by atoms with Gasteiger partial charge in [0.15, 0.2) is 0 Å². The Bertz CT molecular complexity index is 886. The number of nitrogens with one attached hydrogen (secondary N) is 1. The van der Waals surface area contributed by atoms with Crippen LogP contribution in [-0.2, 0) is 11.3 Å². The van der Waals surface area contributed by atoms with Gasteiger partial charge in [0.1, 0.15) is 0 Å². The van der Waals surface area contributed by atoms with E-state index in [-0.39, 0.29) is 17.9 Å². The largest absolute Gasteiger partial charge is 0.324 e. The Labute approximate surface area is 175 Å². The van der Waals surface area contributed by atoms with Crippen molar-refractivity contribution < 1.29 is 9.59 Å². The van der Waals surface area contributed by atoms with Crippen molar-refractivity contribution >= 4 is 46.5 Å². The summed E-state index contributed by atoms with van der Waals surface area (Å²) in [7, 11) is 0. The summed E-state index contributed by atoms with van der Waals surface area (Å²) in [5, 5.41) is 3.92. The molecule has 1 fully saturated rings. The van der Waals surface area contributed by atoms with Crippen molar-refractivity contribution in [2.24, 2.45) is 5.92 Å². The van der Waals surface area contributed by atoms with Gasteiger partial charge in [0.2, 0.25) is 5.91 Å². The van der Waals surface area contributed by atoms with Crippen LogP contribution in [0, 0.1) is 5.92 Å². The Morgan fingerprint density at radius 1 is 1.14 bits per heavy atom. The highest BCUT2D eigenvalue weighted by atomic mass is 35.5. The predicted octanol–water partition coefficient (Wildman–Crippen LogP) is 5.42. The molecule has 1 heterocycles. The standard InChI is InChI=1S/C21H23Cl2N3O2/c1-14(2)20(27)24-19-12-17(7-8-18(19)23)26-10-4-9-25(21(26)28)13-15-5-3-6-16(22)11-15/h3,5-8,11-12,14H,4,9-10,13H2,1-2H3,(H,24,27). The van der Waals surface area contributed by atoms with Crippen LogP contribution in [0.4, 0.5) is 16.2 Å². The van der Waals surface area contributed by atoms with Crippen LogP contribution in [0.5, 0.6) is 0 Å². The van der Waals surface area contributed by atoms with Crippen molar-refractivity contribution in [2.75, 3.05) is 23.3 Å². The summed E-state index contributed by atoms with van der Waals surface area (Å²) >= 11 is 12.3. The zero-order valence-electron chi connectivity index (χ0n) is 15.9. The van der Waals surface area contributed by atoms with Gasteiger partial charge in [-0.2, -0.15) is 0 Å². The summed E-state index contributed by atoms with van der Waals surface area (Å²) < 4.78 is 0. The van der Waals surface area contributed by atoms with Crippen molar-refractivity contribution in [2.45, 2.75) is 26.8 Å². The second-order valence-corrected chi connectivity index (χ2v) is 7.99. The van der Waals surface area contributed by atoms with E-state index in [0.29, 0.717) is 41.1 Å². The number of halogens is 2. The molecule has 0 aliphatic carbocycles. The molecule has 0 saturated carbocycles. The predicted molar refractivity (Wildman–Crippen MR) is 114 cm³/mol. The van der Waals surface area contributed by atoms with E-state index in [4.69, 9.17) is 23.2 Å². The van der Waals surface area contributed by atoms with Crippen molar-refractivity contribution in [1.82, 2.24) is 4.90 Å². The molecule has 0 aromatic heterocycles. The van der Waals surface area contributed by atoms with E-state index in [1.54, 1.807) is 28.0 Å². The summed E-state index contributed by atoms with van der Waals surface area (Å²) in [6.45, 7) is 5.43. The molecule has 0 radical (unpaired) electrons. The van der Waals surface area contributed by atoms with E-state index in [2.05, 4.69) is 5.32 Å². The van der Waals surface area contributed by atoms with Crippen molar-refractivity contribution in [3.63, 3.8) is 0 Å². The second kappa shape index (κ2) is 8.84. The minimum Gasteiger partial charge on any atom is -0.324 e. The molecule has 3 amide bonds. The van der Waals surface area contributed by atoms with Crippen molar-refractivity contribution in [1.29, 1.82) is 0 Å². The van der Waals surface area contributed by atoms with Crippen LogP contribution in [0.15, 0.2) is 42.5 Å². The van der Waals surface area contributed by atoms with Gasteiger partial charge in [-0.15, -0.1) is 0 Å². The first-order valence-corrected chi connectivity index (χ1v) is 10.0. The Hall–Kier alpha value is -2.24. The van der Waals surface area contributed by atoms with E-state index in [1.807, 2.05) is 38.1 Å². The lowest BCUT2D eigenvalue weighted by atomic mass is 10.1. The molecule has 2 aromatic rings. The number of amides is 3. The van der Waals surface area contributed by atoms with Gasteiger partial charge in [-0.3, -0.25) is 9.69 Å². The highest BCUT2D eigenvalue weighted by molar-refractivity contribution is 6.34. The quantitative estimate of drug-likeness (QED) is 0.702. The number of nitrogens with zero attached hydrogens (tertiary/aromatic N) is 2. The van der Waals surface area contributed by atoms with Gasteiger partial charge >= 0.3 is 6.03 Å². The molecule has 7 heteroatoms. The van der Waals surface area contributed by atoms with Gasteiger partial charge < -0.3 is 10.2 Å². The van der Waals surface area contributed by atoms with E-state index < -0.39 is 0 Å². The normalized spacial score (nSPS) is 14.5. The number of hydrogen-bond acceptors (Lipinski definition) is 2. The molecule has 3 rings (SSSR count). The third-order valence-corrected chi connectivity index (χ3v) is 5.18. The van der Waals surface area contributed by atoms with Gasteiger partial charge in [0, 0.05) is 36.3 Å². The van der Waals surface area contributed by atoms with E-state index in [1.165, 1.54) is 0 Å². The lowest BCUT2D eigenvalue weighted by molar-refractivity contribution is -0.118. The monoisotopic (exact) mass is 419 g/mol. The summed E-state index contributed by atoms with van der Waals surface area (Å²) in [6, 6.07) is 12.7. The lowest BCUT2D eigenvalue weighted by Crippen LogP contribution is -2.49. The highest BCUT2D eigenvalue weighted by Crippen LogP contribution is 2.30. The number of carbonyl (C=O) groups is 2. The molecular formula is C21H23Cl2N3O2. The molecule has 28 heavy (non-hydrogen) atoms. The number of anilines is 2. The van der Waals surface area contributed by atoms with Crippen LogP contribution in [0.2, 0.25) is 10.0 Å². The SMILES string of the molecule is CC(C)C(=O)Nc1cc(N2CCCN(Cc3cccc(Cl)c3)C2=O)ccc1Cl. The number of urea groups is 1. The fourth-order valence-corrected chi connectivity index (χ4v) is 3.46. The molecule has 2 aromatic carbocycles. The van der Waals surface area contributed by atoms with Gasteiger partial charge in [-0.1, -0.05) is 49.2 Å². The lowest BCUT2D eigenvalue weighted by Gasteiger charge is -2.36. The maximum absolute atomic E-state index is 13.0. The van der Waals surface area contributed by atoms with Gasteiger partial charge in [-0.05, 0) is 42.3 Å². The molecule has 1 saturated heterocycles. The Morgan fingerprint density at radius 2 is 1.93 bits per heavy atom. The van der Waals surface area contributed by atoms with Crippen LogP contribution in [0.1, 0.15) is 25.8 Å². The van der Waals surface area contributed by atoms with Crippen LogP contribution in [0.25, 0.3) is 0 Å². The maximum Gasteiger partial charge on any atom is 0.324 e. The van der Waals surface area contributed by atoms with Crippen molar-refractivity contribution in [3.05, 3.63) is 58.1 Å². The molecule has 0 spiro atoms. The van der Waals surface area contributed by atoms with E-state index in [0.717, 1.165) is 12.0 Å². The first kappa shape index (κ1) is 20.5. The summed E-state index contributed by atoms with van der Waals surface area (Å²) in [4.78, 5) is 28.6. The Kier molecular flexibility index (Phi) is 6.47. The van der Waals surface area contributed by atoms with Crippen LogP contribution in [0.3, 0.4) is 0 Å². The first-order chi connectivity index (χ1) is 13.3. The molecule has 1 aliphatic rings. The second-order valence-electron chi connectivity index (χ2n) is 7.15. The van der Waals surface area contributed by atoms with Gasteiger partial charge in [0.05, 0.1) is 10.7 Å². The molecule has 0 bridgehead atoms. The smallest absolute Gasteiger partial charge is 0.324 e. The minimum absolute atomic E-state index is 0.0744. The number of benzene rings is 2. The number of hydrogen-bond donors (Lipinski definition) is 1. The van der Waals surface area contributed by atoms with Crippen LogP contribution in [-0.4, -0.2) is 29.9 Å². The van der Waals surface area contributed by atoms with Gasteiger partial charge in [-0.25, -0.2) is 4.79 Å². The average molecular weight is 420 g/mol. The number of carbonyl (C=O) groups excluding carboxylic acids is 2. The molecule has 0 atom stereocenters. The summed E-state index contributed by atoms with van der Waals surface area (Å²) in [5.74, 6) is -0.281. The van der Waals surface area contributed by atoms with Crippen molar-refractivity contribution in [3.8, 4) is 0 Å². The number of rotatable bonds is 5. The molecule has 1 aliphatic heterocycles. The fourth-order valence-electron chi connectivity index (χ4n) is 3.08. The summed E-state index contributed by atoms with van der Waals surface area (Å²) in [5.41, 5.74) is 2.21.